The average Bonchev–Trinajstić information content (AvgIpc) is 2.90. The molecule has 0 atom stereocenters. The average molecular weight is 297 g/mol. The van der Waals surface area contributed by atoms with E-state index < -0.39 is 0 Å². The number of anilines is 1. The Labute approximate surface area is 119 Å². The zero-order chi connectivity index (χ0) is 13.8. The van der Waals surface area contributed by atoms with Crippen molar-refractivity contribution < 1.29 is 5.21 Å². The fourth-order valence-electron chi connectivity index (χ4n) is 1.73. The maximum atomic E-state index is 8.82. The summed E-state index contributed by atoms with van der Waals surface area (Å²) in [7, 11) is 1.90. The molecule has 0 spiro atoms. The van der Waals surface area contributed by atoms with Gasteiger partial charge in [-0.15, -0.1) is 11.3 Å². The van der Waals surface area contributed by atoms with Crippen molar-refractivity contribution in [1.82, 2.24) is 4.98 Å². The van der Waals surface area contributed by atoms with E-state index in [4.69, 9.17) is 22.5 Å². The Hall–Kier alpha value is -1.79. The third-order valence-corrected chi connectivity index (χ3v) is 3.51. The van der Waals surface area contributed by atoms with Gasteiger partial charge in [-0.3, -0.25) is 0 Å². The number of hydrogen-bond acceptors (Lipinski definition) is 5. The highest BCUT2D eigenvalue weighted by Gasteiger charge is 2.12. The molecular formula is C12H13ClN4OS. The Morgan fingerprint density at radius 1 is 1.58 bits per heavy atom. The predicted molar refractivity (Wildman–Crippen MR) is 78.2 cm³/mol. The third-order valence-electron chi connectivity index (χ3n) is 2.64. The lowest BCUT2D eigenvalue weighted by atomic mass is 10.1. The van der Waals surface area contributed by atoms with Gasteiger partial charge in [0.25, 0.3) is 0 Å². The maximum absolute atomic E-state index is 8.82. The number of benzene rings is 1. The molecule has 0 fully saturated rings. The van der Waals surface area contributed by atoms with Gasteiger partial charge in [-0.2, -0.15) is 0 Å². The van der Waals surface area contributed by atoms with Crippen molar-refractivity contribution in [3.05, 3.63) is 45.4 Å². The summed E-state index contributed by atoms with van der Waals surface area (Å²) in [6.07, 6.45) is 0. The van der Waals surface area contributed by atoms with Crippen LogP contribution in [-0.2, 0) is 6.54 Å². The summed E-state index contributed by atoms with van der Waals surface area (Å²) < 4.78 is 0. The molecule has 0 saturated heterocycles. The molecule has 2 rings (SSSR count). The van der Waals surface area contributed by atoms with E-state index in [-0.39, 0.29) is 5.84 Å². The van der Waals surface area contributed by atoms with Crippen LogP contribution in [-0.4, -0.2) is 23.1 Å². The van der Waals surface area contributed by atoms with Crippen LogP contribution in [0.1, 0.15) is 11.3 Å². The molecule has 100 valence electrons. The molecule has 0 unspecified atom stereocenters. The number of aromatic nitrogens is 1. The molecule has 0 radical (unpaired) electrons. The summed E-state index contributed by atoms with van der Waals surface area (Å²) in [5.74, 6) is 0.0526. The van der Waals surface area contributed by atoms with Crippen molar-refractivity contribution in [1.29, 1.82) is 0 Å². The summed E-state index contributed by atoms with van der Waals surface area (Å²) >= 11 is 7.55. The highest BCUT2D eigenvalue weighted by Crippen LogP contribution is 2.25. The molecule has 2 aromatic rings. The van der Waals surface area contributed by atoms with Crippen LogP contribution >= 0.6 is 22.9 Å². The van der Waals surface area contributed by atoms with Crippen molar-refractivity contribution in [3.63, 3.8) is 0 Å². The van der Waals surface area contributed by atoms with E-state index in [9.17, 15) is 0 Å². The van der Waals surface area contributed by atoms with Gasteiger partial charge in [0.1, 0.15) is 0 Å². The normalized spacial score (nSPS) is 11.6. The molecule has 7 heteroatoms. The third kappa shape index (κ3) is 3.15. The topological polar surface area (TPSA) is 74.7 Å². The number of amidine groups is 1. The Morgan fingerprint density at radius 2 is 2.37 bits per heavy atom. The van der Waals surface area contributed by atoms with Crippen molar-refractivity contribution in [2.24, 2.45) is 10.9 Å². The zero-order valence-electron chi connectivity index (χ0n) is 10.2. The fraction of sp³-hybridized carbons (Fsp3) is 0.167. The summed E-state index contributed by atoms with van der Waals surface area (Å²) in [6.45, 7) is 0.621. The van der Waals surface area contributed by atoms with Gasteiger partial charge in [0.05, 0.1) is 17.7 Å². The van der Waals surface area contributed by atoms with Crippen LogP contribution < -0.4 is 10.6 Å². The van der Waals surface area contributed by atoms with E-state index in [2.05, 4.69) is 10.1 Å². The number of nitrogens with zero attached hydrogens (tertiary/aromatic N) is 3. The Kier molecular flexibility index (Phi) is 4.24. The minimum absolute atomic E-state index is 0.0526. The first-order chi connectivity index (χ1) is 9.11. The first-order valence-corrected chi connectivity index (χ1v) is 6.79. The van der Waals surface area contributed by atoms with Crippen molar-refractivity contribution in [3.8, 4) is 0 Å². The van der Waals surface area contributed by atoms with Crippen LogP contribution in [0.5, 0.6) is 0 Å². The Bertz CT molecular complexity index is 585. The van der Waals surface area contributed by atoms with Crippen LogP contribution in [0.25, 0.3) is 0 Å². The minimum atomic E-state index is 0.0526. The quantitative estimate of drug-likeness (QED) is 0.393. The lowest BCUT2D eigenvalue weighted by Gasteiger charge is -2.21. The molecule has 1 heterocycles. The number of nitrogens with two attached hydrogens (primary N) is 1. The van der Waals surface area contributed by atoms with E-state index in [1.807, 2.05) is 17.3 Å². The highest BCUT2D eigenvalue weighted by molar-refractivity contribution is 7.07. The van der Waals surface area contributed by atoms with E-state index in [1.165, 1.54) is 0 Å². The van der Waals surface area contributed by atoms with E-state index >= 15 is 0 Å². The lowest BCUT2D eigenvalue weighted by Crippen LogP contribution is -2.22. The molecular weight excluding hydrogens is 284 g/mol. The molecule has 3 N–H and O–H groups in total. The molecule has 0 saturated carbocycles. The lowest BCUT2D eigenvalue weighted by molar-refractivity contribution is 0.318. The predicted octanol–water partition coefficient (Wildman–Crippen LogP) is 2.53. The van der Waals surface area contributed by atoms with Gasteiger partial charge in [-0.1, -0.05) is 16.8 Å². The summed E-state index contributed by atoms with van der Waals surface area (Å²) in [4.78, 5) is 6.18. The molecule has 1 aromatic heterocycles. The molecule has 1 aromatic carbocycles. The second-order valence-corrected chi connectivity index (χ2v) is 5.14. The summed E-state index contributed by atoms with van der Waals surface area (Å²) in [6, 6.07) is 5.21. The highest BCUT2D eigenvalue weighted by atomic mass is 35.5. The van der Waals surface area contributed by atoms with Gasteiger partial charge in [-0.25, -0.2) is 4.98 Å². The number of hydrogen-bond donors (Lipinski definition) is 2. The van der Waals surface area contributed by atoms with Gasteiger partial charge >= 0.3 is 0 Å². The van der Waals surface area contributed by atoms with Gasteiger partial charge in [0.15, 0.2) is 5.84 Å². The van der Waals surface area contributed by atoms with Crippen LogP contribution in [0.4, 0.5) is 5.69 Å². The van der Waals surface area contributed by atoms with Gasteiger partial charge in [-0.05, 0) is 18.2 Å². The number of rotatable bonds is 4. The number of halogens is 1. The van der Waals surface area contributed by atoms with Gasteiger partial charge in [0.2, 0.25) is 0 Å². The fourth-order valence-corrected chi connectivity index (χ4v) is 2.45. The Balaban J connectivity index is 2.34. The molecule has 0 aliphatic heterocycles. The largest absolute Gasteiger partial charge is 0.409 e. The van der Waals surface area contributed by atoms with Crippen molar-refractivity contribution in [2.45, 2.75) is 6.54 Å². The molecule has 0 bridgehead atoms. The van der Waals surface area contributed by atoms with Crippen molar-refractivity contribution >= 4 is 34.5 Å². The van der Waals surface area contributed by atoms with Crippen LogP contribution in [0.15, 0.2) is 34.2 Å². The Morgan fingerprint density at radius 3 is 3.00 bits per heavy atom. The molecule has 19 heavy (non-hydrogen) atoms. The van der Waals surface area contributed by atoms with E-state index in [1.54, 1.807) is 35.0 Å². The summed E-state index contributed by atoms with van der Waals surface area (Å²) in [5.41, 5.74) is 9.83. The molecule has 5 nitrogen and oxygen atoms in total. The smallest absolute Gasteiger partial charge is 0.172 e. The van der Waals surface area contributed by atoms with Crippen molar-refractivity contribution in [2.75, 3.05) is 11.9 Å². The van der Waals surface area contributed by atoms with Crippen LogP contribution in [0, 0.1) is 0 Å². The number of thiazole rings is 1. The molecule has 0 aliphatic rings. The van der Waals surface area contributed by atoms with Gasteiger partial charge in [0, 0.05) is 28.7 Å². The standard InChI is InChI=1S/C12H13ClN4OS/c1-17(5-9-6-19-7-15-9)11-4-8(13)2-3-10(11)12(14)16-18/h2-4,6-7,18H,5H2,1H3,(H2,14,16). The second-order valence-electron chi connectivity index (χ2n) is 3.98. The monoisotopic (exact) mass is 296 g/mol. The summed E-state index contributed by atoms with van der Waals surface area (Å²) in [5, 5.41) is 14.4. The molecule has 0 aliphatic carbocycles. The zero-order valence-corrected chi connectivity index (χ0v) is 11.8. The number of oxime groups is 1. The minimum Gasteiger partial charge on any atom is -0.409 e. The van der Waals surface area contributed by atoms with Gasteiger partial charge < -0.3 is 15.8 Å². The first kappa shape index (κ1) is 13.6. The van der Waals surface area contributed by atoms with Crippen LogP contribution in [0.2, 0.25) is 5.02 Å². The SMILES string of the molecule is CN(Cc1cscn1)c1cc(Cl)ccc1C(N)=NO. The first-order valence-electron chi connectivity index (χ1n) is 5.47. The van der Waals surface area contributed by atoms with E-state index in [0.29, 0.717) is 17.1 Å². The second kappa shape index (κ2) is 5.90. The molecule has 0 amide bonds. The van der Waals surface area contributed by atoms with E-state index in [0.717, 1.165) is 11.4 Å². The maximum Gasteiger partial charge on any atom is 0.172 e. The van der Waals surface area contributed by atoms with Crippen LogP contribution in [0.3, 0.4) is 0 Å².